The standard InChI is InChI=1S/C10H13BrClNO.ClH/c11-9-4-3-7(12)6-8(9)10(13)2-1-5-14;/h3-4,6,10,14H,1-2,5,13H2;1H/t10-;/m0./s1. The zero-order chi connectivity index (χ0) is 10.6. The second-order valence-electron chi connectivity index (χ2n) is 3.14. The Morgan fingerprint density at radius 1 is 1.47 bits per heavy atom. The van der Waals surface area contributed by atoms with Gasteiger partial charge in [0.05, 0.1) is 0 Å². The lowest BCUT2D eigenvalue weighted by atomic mass is 10.0. The highest BCUT2D eigenvalue weighted by atomic mass is 79.9. The SMILES string of the molecule is Cl.N[C@@H](CCCO)c1cc(Cl)ccc1Br. The van der Waals surface area contributed by atoms with Crippen LogP contribution in [0.5, 0.6) is 0 Å². The quantitative estimate of drug-likeness (QED) is 0.895. The summed E-state index contributed by atoms with van der Waals surface area (Å²) in [4.78, 5) is 0. The highest BCUT2D eigenvalue weighted by Gasteiger charge is 2.09. The molecule has 0 heterocycles. The van der Waals surface area contributed by atoms with Gasteiger partial charge in [0.25, 0.3) is 0 Å². The molecule has 0 fully saturated rings. The van der Waals surface area contributed by atoms with Crippen molar-refractivity contribution in [1.29, 1.82) is 0 Å². The van der Waals surface area contributed by atoms with Crippen molar-refractivity contribution < 1.29 is 5.11 Å². The monoisotopic (exact) mass is 313 g/mol. The van der Waals surface area contributed by atoms with Crippen molar-refractivity contribution >= 4 is 39.9 Å². The van der Waals surface area contributed by atoms with Crippen LogP contribution in [-0.2, 0) is 0 Å². The fourth-order valence-electron chi connectivity index (χ4n) is 1.27. The first-order valence-electron chi connectivity index (χ1n) is 4.46. The molecule has 0 aliphatic rings. The summed E-state index contributed by atoms with van der Waals surface area (Å²) in [5.74, 6) is 0. The van der Waals surface area contributed by atoms with Crippen molar-refractivity contribution in [2.75, 3.05) is 6.61 Å². The van der Waals surface area contributed by atoms with Gasteiger partial charge in [-0.25, -0.2) is 0 Å². The number of aliphatic hydroxyl groups is 1. The molecule has 0 saturated heterocycles. The second kappa shape index (κ2) is 7.47. The Morgan fingerprint density at radius 3 is 2.73 bits per heavy atom. The number of aliphatic hydroxyl groups excluding tert-OH is 1. The third-order valence-electron chi connectivity index (χ3n) is 2.03. The van der Waals surface area contributed by atoms with Gasteiger partial charge in [-0.1, -0.05) is 27.5 Å². The number of hydrogen-bond acceptors (Lipinski definition) is 2. The van der Waals surface area contributed by atoms with E-state index in [2.05, 4.69) is 15.9 Å². The van der Waals surface area contributed by atoms with Crippen LogP contribution in [0.2, 0.25) is 5.02 Å². The lowest BCUT2D eigenvalue weighted by Gasteiger charge is -2.13. The van der Waals surface area contributed by atoms with Crippen LogP contribution >= 0.6 is 39.9 Å². The fraction of sp³-hybridized carbons (Fsp3) is 0.400. The molecule has 0 amide bonds. The Labute approximate surface area is 109 Å². The van der Waals surface area contributed by atoms with Gasteiger partial charge in [-0.2, -0.15) is 0 Å². The van der Waals surface area contributed by atoms with E-state index in [0.717, 1.165) is 16.5 Å². The summed E-state index contributed by atoms with van der Waals surface area (Å²) in [6, 6.07) is 5.48. The summed E-state index contributed by atoms with van der Waals surface area (Å²) in [5, 5.41) is 9.38. The first-order chi connectivity index (χ1) is 6.65. The summed E-state index contributed by atoms with van der Waals surface area (Å²) in [6.07, 6.45) is 1.47. The van der Waals surface area contributed by atoms with E-state index in [9.17, 15) is 0 Å². The first kappa shape index (κ1) is 15.2. The van der Waals surface area contributed by atoms with Gasteiger partial charge in [0, 0.05) is 22.1 Å². The molecule has 0 aliphatic carbocycles. The van der Waals surface area contributed by atoms with Crippen LogP contribution in [0.1, 0.15) is 24.4 Å². The van der Waals surface area contributed by atoms with Crippen molar-refractivity contribution in [3.63, 3.8) is 0 Å². The molecule has 15 heavy (non-hydrogen) atoms. The molecule has 0 radical (unpaired) electrons. The van der Waals surface area contributed by atoms with Crippen LogP contribution in [0.4, 0.5) is 0 Å². The van der Waals surface area contributed by atoms with Gasteiger partial charge in [-0.05, 0) is 36.6 Å². The second-order valence-corrected chi connectivity index (χ2v) is 4.43. The highest BCUT2D eigenvalue weighted by molar-refractivity contribution is 9.10. The Morgan fingerprint density at radius 2 is 2.13 bits per heavy atom. The number of rotatable bonds is 4. The molecule has 1 rings (SSSR count). The van der Waals surface area contributed by atoms with Gasteiger partial charge in [0.15, 0.2) is 0 Å². The van der Waals surface area contributed by atoms with Crippen LogP contribution in [0.25, 0.3) is 0 Å². The number of benzene rings is 1. The Balaban J connectivity index is 0.00000196. The predicted molar refractivity (Wildman–Crippen MR) is 69.6 cm³/mol. The van der Waals surface area contributed by atoms with Crippen molar-refractivity contribution in [1.82, 2.24) is 0 Å². The third-order valence-corrected chi connectivity index (χ3v) is 2.99. The molecule has 2 nitrogen and oxygen atoms in total. The minimum atomic E-state index is -0.0739. The molecule has 0 unspecified atom stereocenters. The van der Waals surface area contributed by atoms with E-state index in [4.69, 9.17) is 22.4 Å². The van der Waals surface area contributed by atoms with E-state index in [0.29, 0.717) is 11.4 Å². The van der Waals surface area contributed by atoms with E-state index < -0.39 is 0 Å². The van der Waals surface area contributed by atoms with Crippen LogP contribution in [-0.4, -0.2) is 11.7 Å². The van der Waals surface area contributed by atoms with Gasteiger partial charge in [0.2, 0.25) is 0 Å². The van der Waals surface area contributed by atoms with Crippen LogP contribution in [0, 0.1) is 0 Å². The molecule has 0 bridgehead atoms. The summed E-state index contributed by atoms with van der Waals surface area (Å²) in [6.45, 7) is 0.173. The summed E-state index contributed by atoms with van der Waals surface area (Å²) in [7, 11) is 0. The largest absolute Gasteiger partial charge is 0.396 e. The molecule has 0 spiro atoms. The van der Waals surface area contributed by atoms with Crippen molar-refractivity contribution in [3.05, 3.63) is 33.3 Å². The van der Waals surface area contributed by atoms with E-state index in [1.807, 2.05) is 18.2 Å². The average Bonchev–Trinajstić information content (AvgIpc) is 2.18. The molecule has 0 saturated carbocycles. The minimum Gasteiger partial charge on any atom is -0.396 e. The summed E-state index contributed by atoms with van der Waals surface area (Å²) < 4.78 is 0.965. The number of hydrogen-bond donors (Lipinski definition) is 2. The van der Waals surface area contributed by atoms with Crippen LogP contribution < -0.4 is 5.73 Å². The Bertz CT molecular complexity index is 309. The lowest BCUT2D eigenvalue weighted by molar-refractivity contribution is 0.280. The third kappa shape index (κ3) is 4.70. The molecule has 0 aromatic heterocycles. The maximum Gasteiger partial charge on any atom is 0.0431 e. The lowest BCUT2D eigenvalue weighted by Crippen LogP contribution is -2.11. The molecule has 1 atom stereocenters. The van der Waals surface area contributed by atoms with Crippen molar-refractivity contribution in [2.24, 2.45) is 5.73 Å². The molecule has 1 aromatic carbocycles. The first-order valence-corrected chi connectivity index (χ1v) is 5.63. The Kier molecular flexibility index (Phi) is 7.57. The van der Waals surface area contributed by atoms with E-state index in [1.54, 1.807) is 0 Å². The predicted octanol–water partition coefficient (Wildman–Crippen LogP) is 3.30. The molecule has 5 heteroatoms. The van der Waals surface area contributed by atoms with Gasteiger partial charge in [-0.15, -0.1) is 12.4 Å². The van der Waals surface area contributed by atoms with Crippen LogP contribution in [0.15, 0.2) is 22.7 Å². The highest BCUT2D eigenvalue weighted by Crippen LogP contribution is 2.27. The smallest absolute Gasteiger partial charge is 0.0431 e. The number of nitrogens with two attached hydrogens (primary N) is 1. The van der Waals surface area contributed by atoms with E-state index in [1.165, 1.54) is 0 Å². The van der Waals surface area contributed by atoms with Gasteiger partial charge in [-0.3, -0.25) is 0 Å². The number of halogens is 3. The molecule has 3 N–H and O–H groups in total. The molecular formula is C10H14BrCl2NO. The maximum atomic E-state index is 8.69. The zero-order valence-electron chi connectivity index (χ0n) is 8.12. The summed E-state index contributed by atoms with van der Waals surface area (Å²) >= 11 is 9.29. The summed E-state index contributed by atoms with van der Waals surface area (Å²) in [5.41, 5.74) is 6.94. The molecule has 0 aliphatic heterocycles. The van der Waals surface area contributed by atoms with Crippen LogP contribution in [0.3, 0.4) is 0 Å². The fourth-order valence-corrected chi connectivity index (χ4v) is 1.99. The normalized spacial score (nSPS) is 12.0. The van der Waals surface area contributed by atoms with E-state index in [-0.39, 0.29) is 25.1 Å². The van der Waals surface area contributed by atoms with Crippen molar-refractivity contribution in [2.45, 2.75) is 18.9 Å². The maximum absolute atomic E-state index is 8.69. The van der Waals surface area contributed by atoms with E-state index >= 15 is 0 Å². The minimum absolute atomic E-state index is 0. The van der Waals surface area contributed by atoms with Gasteiger partial charge < -0.3 is 10.8 Å². The average molecular weight is 315 g/mol. The molecule has 1 aromatic rings. The molecule has 86 valence electrons. The molecular weight excluding hydrogens is 301 g/mol. The van der Waals surface area contributed by atoms with Crippen molar-refractivity contribution in [3.8, 4) is 0 Å². The zero-order valence-corrected chi connectivity index (χ0v) is 11.3. The topological polar surface area (TPSA) is 46.2 Å². The van der Waals surface area contributed by atoms with Gasteiger partial charge >= 0.3 is 0 Å². The Hall–Kier alpha value is 0.200. The van der Waals surface area contributed by atoms with Gasteiger partial charge in [0.1, 0.15) is 0 Å².